The largest absolute Gasteiger partial charge is 0.379 e. The van der Waals surface area contributed by atoms with Crippen molar-refractivity contribution in [2.45, 2.75) is 38.5 Å². The highest BCUT2D eigenvalue weighted by Gasteiger charge is 2.31. The van der Waals surface area contributed by atoms with E-state index in [-0.39, 0.29) is 17.1 Å². The molecule has 1 rings (SSSR count). The van der Waals surface area contributed by atoms with E-state index in [1.165, 1.54) is 11.8 Å². The molecule has 0 aromatic heterocycles. The van der Waals surface area contributed by atoms with Gasteiger partial charge >= 0.3 is 0 Å². The van der Waals surface area contributed by atoms with Crippen LogP contribution in [-0.2, 0) is 4.79 Å². The molecule has 2 atom stereocenters. The summed E-state index contributed by atoms with van der Waals surface area (Å²) in [6.07, 6.45) is 0.604. The topological polar surface area (TPSA) is 58.7 Å². The maximum atomic E-state index is 12.0. The van der Waals surface area contributed by atoms with Crippen LogP contribution in [0.5, 0.6) is 0 Å². The number of hydrogen-bond donors (Lipinski definition) is 1. The van der Waals surface area contributed by atoms with Crippen LogP contribution in [0, 0.1) is 0 Å². The van der Waals surface area contributed by atoms with Gasteiger partial charge in [0.2, 0.25) is 0 Å². The summed E-state index contributed by atoms with van der Waals surface area (Å²) < 4.78 is 0. The average molecular weight is 243 g/mol. The maximum absolute atomic E-state index is 12.0. The van der Waals surface area contributed by atoms with Crippen LogP contribution in [-0.4, -0.2) is 46.8 Å². The monoisotopic (exact) mass is 243 g/mol. The Balaban J connectivity index is 2.36. The van der Waals surface area contributed by atoms with E-state index in [2.05, 4.69) is 23.7 Å². The molecule has 0 aliphatic carbocycles. The zero-order valence-electron chi connectivity index (χ0n) is 10.3. The van der Waals surface area contributed by atoms with Gasteiger partial charge in [-0.05, 0) is 20.0 Å². The molecule has 1 heterocycles. The first-order valence-electron chi connectivity index (χ1n) is 5.83. The van der Waals surface area contributed by atoms with E-state index >= 15 is 0 Å². The number of nitrogens with two attached hydrogens (primary N) is 1. The predicted molar refractivity (Wildman–Crippen MR) is 69.9 cm³/mol. The molecule has 1 aliphatic heterocycles. The van der Waals surface area contributed by atoms with Crippen LogP contribution in [0.3, 0.4) is 0 Å². The van der Waals surface area contributed by atoms with E-state index < -0.39 is 0 Å². The molecule has 2 unspecified atom stereocenters. The number of carbonyl (C=O) groups is 1. The van der Waals surface area contributed by atoms with E-state index in [1.54, 1.807) is 0 Å². The van der Waals surface area contributed by atoms with Crippen molar-refractivity contribution in [3.05, 3.63) is 0 Å². The summed E-state index contributed by atoms with van der Waals surface area (Å²) in [5.74, 6) is 0.272. The standard InChI is InChI=1S/C11H21N3OS/c1-4-14(5-2)7-6-9(15)10-8(3)13-11(12)16-10/h8,10H,4-7H2,1-3H3,(H2,12,13). The number of aliphatic imine (C=N–C) groups is 1. The van der Waals surface area contributed by atoms with Gasteiger partial charge < -0.3 is 10.6 Å². The van der Waals surface area contributed by atoms with E-state index in [9.17, 15) is 4.79 Å². The summed E-state index contributed by atoms with van der Waals surface area (Å²) in [6, 6.07) is 0.0363. The maximum Gasteiger partial charge on any atom is 0.155 e. The normalized spacial score (nSPS) is 24.9. The molecule has 92 valence electrons. The molecule has 0 saturated heterocycles. The number of Topliss-reactive ketones (excluding diaryl/α,β-unsaturated/α-hetero) is 1. The van der Waals surface area contributed by atoms with Gasteiger partial charge in [0.05, 0.1) is 11.3 Å². The molecule has 0 saturated carbocycles. The van der Waals surface area contributed by atoms with Crippen LogP contribution in [0.1, 0.15) is 27.2 Å². The zero-order valence-corrected chi connectivity index (χ0v) is 11.1. The molecule has 1 aliphatic rings. The second kappa shape index (κ2) is 6.25. The van der Waals surface area contributed by atoms with Crippen LogP contribution in [0.4, 0.5) is 0 Å². The van der Waals surface area contributed by atoms with Crippen LogP contribution in [0.25, 0.3) is 0 Å². The van der Waals surface area contributed by atoms with Gasteiger partial charge in [-0.25, -0.2) is 0 Å². The minimum atomic E-state index is -0.0597. The Labute approximate surface area is 102 Å². The predicted octanol–water partition coefficient (Wildman–Crippen LogP) is 1.11. The number of thioether (sulfide) groups is 1. The van der Waals surface area contributed by atoms with Crippen molar-refractivity contribution in [1.29, 1.82) is 0 Å². The quantitative estimate of drug-likeness (QED) is 0.759. The summed E-state index contributed by atoms with van der Waals surface area (Å²) in [5, 5.41) is 0.490. The average Bonchev–Trinajstić information content (AvgIpc) is 2.59. The minimum absolute atomic E-state index is 0.0363. The Morgan fingerprint density at radius 2 is 2.12 bits per heavy atom. The second-order valence-corrected chi connectivity index (χ2v) is 5.15. The van der Waals surface area contributed by atoms with Gasteiger partial charge in [0.15, 0.2) is 5.17 Å². The zero-order chi connectivity index (χ0) is 12.1. The molecule has 5 heteroatoms. The van der Waals surface area contributed by atoms with Crippen molar-refractivity contribution >= 4 is 22.7 Å². The van der Waals surface area contributed by atoms with Crippen LogP contribution < -0.4 is 5.73 Å². The van der Waals surface area contributed by atoms with Crippen molar-refractivity contribution in [3.8, 4) is 0 Å². The fourth-order valence-corrected chi connectivity index (χ4v) is 2.81. The Kier molecular flexibility index (Phi) is 5.28. The van der Waals surface area contributed by atoms with E-state index in [4.69, 9.17) is 5.73 Å². The molecule has 0 radical (unpaired) electrons. The molecular formula is C11H21N3OS. The molecule has 0 aromatic carbocycles. The smallest absolute Gasteiger partial charge is 0.155 e. The fraction of sp³-hybridized carbons (Fsp3) is 0.818. The number of hydrogen-bond acceptors (Lipinski definition) is 5. The Bertz CT molecular complexity index is 276. The third kappa shape index (κ3) is 3.49. The highest BCUT2D eigenvalue weighted by atomic mass is 32.2. The third-order valence-corrected chi connectivity index (χ3v) is 4.16. The molecule has 0 amide bonds. The first-order chi connectivity index (χ1) is 7.58. The molecule has 16 heavy (non-hydrogen) atoms. The minimum Gasteiger partial charge on any atom is -0.379 e. The van der Waals surface area contributed by atoms with Crippen molar-refractivity contribution in [2.24, 2.45) is 10.7 Å². The van der Waals surface area contributed by atoms with Gasteiger partial charge in [-0.15, -0.1) is 0 Å². The van der Waals surface area contributed by atoms with Crippen molar-refractivity contribution in [2.75, 3.05) is 19.6 Å². The first-order valence-corrected chi connectivity index (χ1v) is 6.71. The summed E-state index contributed by atoms with van der Waals surface area (Å²) in [7, 11) is 0. The summed E-state index contributed by atoms with van der Waals surface area (Å²) in [6.45, 7) is 9.01. The lowest BCUT2D eigenvalue weighted by molar-refractivity contribution is -0.119. The highest BCUT2D eigenvalue weighted by molar-refractivity contribution is 8.15. The van der Waals surface area contributed by atoms with Gasteiger partial charge in [0, 0.05) is 13.0 Å². The van der Waals surface area contributed by atoms with Gasteiger partial charge in [-0.1, -0.05) is 25.6 Å². The van der Waals surface area contributed by atoms with Crippen molar-refractivity contribution in [1.82, 2.24) is 4.90 Å². The van der Waals surface area contributed by atoms with Crippen molar-refractivity contribution < 1.29 is 4.79 Å². The Morgan fingerprint density at radius 1 is 1.50 bits per heavy atom. The molecule has 0 spiro atoms. The number of amidine groups is 1. The van der Waals surface area contributed by atoms with Gasteiger partial charge in [-0.3, -0.25) is 9.79 Å². The number of ketones is 1. The number of rotatable bonds is 6. The fourth-order valence-electron chi connectivity index (χ4n) is 1.81. The highest BCUT2D eigenvalue weighted by Crippen LogP contribution is 2.26. The van der Waals surface area contributed by atoms with Crippen LogP contribution >= 0.6 is 11.8 Å². The molecule has 0 aromatic rings. The summed E-state index contributed by atoms with van der Waals surface area (Å²) in [5.41, 5.74) is 5.61. The number of carbonyl (C=O) groups excluding carboxylic acids is 1. The van der Waals surface area contributed by atoms with E-state index in [0.717, 1.165) is 19.6 Å². The first kappa shape index (κ1) is 13.5. The lowest BCUT2D eigenvalue weighted by Gasteiger charge is -2.19. The van der Waals surface area contributed by atoms with Gasteiger partial charge in [0.1, 0.15) is 5.78 Å². The van der Waals surface area contributed by atoms with Gasteiger partial charge in [-0.2, -0.15) is 0 Å². The SMILES string of the molecule is CCN(CC)CCC(=O)C1SC(N)=NC1C. The van der Waals surface area contributed by atoms with Crippen molar-refractivity contribution in [3.63, 3.8) is 0 Å². The van der Waals surface area contributed by atoms with E-state index in [1.807, 2.05) is 6.92 Å². The molecule has 0 bridgehead atoms. The van der Waals surface area contributed by atoms with E-state index in [0.29, 0.717) is 11.6 Å². The lowest BCUT2D eigenvalue weighted by atomic mass is 10.1. The summed E-state index contributed by atoms with van der Waals surface area (Å²) in [4.78, 5) is 18.4. The van der Waals surface area contributed by atoms with Gasteiger partial charge in [0.25, 0.3) is 0 Å². The molecule has 4 nitrogen and oxygen atoms in total. The number of nitrogens with zero attached hydrogens (tertiary/aromatic N) is 2. The second-order valence-electron chi connectivity index (χ2n) is 3.99. The Morgan fingerprint density at radius 3 is 2.56 bits per heavy atom. The van der Waals surface area contributed by atoms with Crippen LogP contribution in [0.15, 0.2) is 4.99 Å². The molecular weight excluding hydrogens is 222 g/mol. The summed E-state index contributed by atoms with van der Waals surface area (Å²) >= 11 is 1.41. The third-order valence-electron chi connectivity index (χ3n) is 2.90. The van der Waals surface area contributed by atoms with Crippen LogP contribution in [0.2, 0.25) is 0 Å². The molecule has 2 N–H and O–H groups in total. The Hall–Kier alpha value is -0.550. The lowest BCUT2D eigenvalue weighted by Crippen LogP contribution is -2.31. The molecule has 0 fully saturated rings.